The van der Waals surface area contributed by atoms with E-state index in [0.717, 1.165) is 23.2 Å². The average molecular weight is 262 g/mol. The number of hydrogen-bond acceptors (Lipinski definition) is 3. The van der Waals surface area contributed by atoms with Crippen molar-refractivity contribution in [1.82, 2.24) is 5.32 Å². The average Bonchev–Trinajstić information content (AvgIpc) is 2.36. The topological polar surface area (TPSA) is 61.4 Å². The lowest BCUT2D eigenvalue weighted by molar-refractivity contribution is -0.116. The SMILES string of the molecule is CC(C)NC(C)C(O)c1ccc2c(c1)CCC(=O)N2. The number of carbonyl (C=O) groups is 1. The molecule has 1 aromatic carbocycles. The molecule has 2 rings (SSSR count). The van der Waals surface area contributed by atoms with E-state index >= 15 is 0 Å². The van der Waals surface area contributed by atoms with E-state index in [0.29, 0.717) is 12.5 Å². The van der Waals surface area contributed by atoms with Gasteiger partial charge < -0.3 is 15.7 Å². The van der Waals surface area contributed by atoms with Crippen LogP contribution >= 0.6 is 0 Å². The summed E-state index contributed by atoms with van der Waals surface area (Å²) >= 11 is 0. The molecule has 2 unspecified atom stereocenters. The van der Waals surface area contributed by atoms with E-state index in [2.05, 4.69) is 24.5 Å². The molecule has 1 aliphatic rings. The number of nitrogens with one attached hydrogen (secondary N) is 2. The molecule has 4 nitrogen and oxygen atoms in total. The third kappa shape index (κ3) is 3.33. The maximum absolute atomic E-state index is 11.3. The molecular weight excluding hydrogens is 240 g/mol. The van der Waals surface area contributed by atoms with E-state index in [1.165, 1.54) is 0 Å². The Bertz CT molecular complexity index is 471. The van der Waals surface area contributed by atoms with E-state index in [-0.39, 0.29) is 11.9 Å². The predicted octanol–water partition coefficient (Wildman–Crippen LogP) is 1.99. The van der Waals surface area contributed by atoms with E-state index < -0.39 is 6.10 Å². The van der Waals surface area contributed by atoms with Gasteiger partial charge in [0.25, 0.3) is 0 Å². The molecule has 1 aliphatic heterocycles. The molecule has 0 saturated carbocycles. The Morgan fingerprint density at radius 2 is 2.00 bits per heavy atom. The minimum Gasteiger partial charge on any atom is -0.387 e. The second-order valence-electron chi connectivity index (χ2n) is 5.52. The lowest BCUT2D eigenvalue weighted by Crippen LogP contribution is -2.37. The molecule has 3 N–H and O–H groups in total. The third-order valence-corrected chi connectivity index (χ3v) is 3.44. The van der Waals surface area contributed by atoms with Crippen LogP contribution in [0.5, 0.6) is 0 Å². The molecule has 1 aromatic rings. The summed E-state index contributed by atoms with van der Waals surface area (Å²) in [7, 11) is 0. The van der Waals surface area contributed by atoms with Crippen LogP contribution in [0.2, 0.25) is 0 Å². The number of aliphatic hydroxyl groups is 1. The normalized spacial score (nSPS) is 17.8. The highest BCUT2D eigenvalue weighted by atomic mass is 16.3. The standard InChI is InChI=1S/C15H22N2O2/c1-9(2)16-10(3)15(19)12-4-6-13-11(8-12)5-7-14(18)17-13/h4,6,8-10,15-16,19H,5,7H2,1-3H3,(H,17,18). The van der Waals surface area contributed by atoms with Gasteiger partial charge in [-0.1, -0.05) is 26.0 Å². The van der Waals surface area contributed by atoms with Gasteiger partial charge in [0.1, 0.15) is 0 Å². The van der Waals surface area contributed by atoms with Crippen molar-refractivity contribution in [3.05, 3.63) is 29.3 Å². The van der Waals surface area contributed by atoms with Crippen LogP contribution in [0, 0.1) is 0 Å². The molecule has 0 aliphatic carbocycles. The highest BCUT2D eigenvalue weighted by Gasteiger charge is 2.20. The van der Waals surface area contributed by atoms with Crippen molar-refractivity contribution in [3.63, 3.8) is 0 Å². The number of aryl methyl sites for hydroxylation is 1. The highest BCUT2D eigenvalue weighted by Crippen LogP contribution is 2.27. The van der Waals surface area contributed by atoms with Gasteiger partial charge in [0, 0.05) is 24.2 Å². The third-order valence-electron chi connectivity index (χ3n) is 3.44. The molecule has 0 radical (unpaired) electrons. The van der Waals surface area contributed by atoms with Crippen LogP contribution in [-0.2, 0) is 11.2 Å². The molecule has 19 heavy (non-hydrogen) atoms. The molecule has 2 atom stereocenters. The maximum Gasteiger partial charge on any atom is 0.224 e. The fourth-order valence-electron chi connectivity index (χ4n) is 2.49. The van der Waals surface area contributed by atoms with Gasteiger partial charge in [-0.05, 0) is 30.5 Å². The molecule has 0 spiro atoms. The Kier molecular flexibility index (Phi) is 4.22. The molecular formula is C15H22N2O2. The van der Waals surface area contributed by atoms with Crippen molar-refractivity contribution >= 4 is 11.6 Å². The Balaban J connectivity index is 2.15. The first kappa shape index (κ1) is 14.0. The number of carbonyl (C=O) groups excluding carboxylic acids is 1. The summed E-state index contributed by atoms with van der Waals surface area (Å²) in [5.74, 6) is 0.0654. The van der Waals surface area contributed by atoms with Crippen LogP contribution in [-0.4, -0.2) is 23.1 Å². The number of amides is 1. The number of fused-ring (bicyclic) bond motifs is 1. The first-order valence-corrected chi connectivity index (χ1v) is 6.84. The summed E-state index contributed by atoms with van der Waals surface area (Å²) < 4.78 is 0. The quantitative estimate of drug-likeness (QED) is 0.777. The fourth-order valence-corrected chi connectivity index (χ4v) is 2.49. The van der Waals surface area contributed by atoms with E-state index in [1.54, 1.807) is 0 Å². The number of aliphatic hydroxyl groups excluding tert-OH is 1. The van der Waals surface area contributed by atoms with Crippen molar-refractivity contribution in [3.8, 4) is 0 Å². The Morgan fingerprint density at radius 1 is 1.26 bits per heavy atom. The lowest BCUT2D eigenvalue weighted by atomic mass is 9.96. The van der Waals surface area contributed by atoms with Gasteiger partial charge in [0.15, 0.2) is 0 Å². The van der Waals surface area contributed by atoms with Gasteiger partial charge in [0.05, 0.1) is 6.10 Å². The van der Waals surface area contributed by atoms with Crippen LogP contribution in [0.1, 0.15) is 44.4 Å². The van der Waals surface area contributed by atoms with Gasteiger partial charge in [-0.15, -0.1) is 0 Å². The van der Waals surface area contributed by atoms with Crippen molar-refractivity contribution in [2.75, 3.05) is 5.32 Å². The number of hydrogen-bond donors (Lipinski definition) is 3. The second kappa shape index (κ2) is 5.72. The monoisotopic (exact) mass is 262 g/mol. The molecule has 0 saturated heterocycles. The summed E-state index contributed by atoms with van der Waals surface area (Å²) in [6, 6.07) is 6.09. The molecule has 0 aromatic heterocycles. The smallest absolute Gasteiger partial charge is 0.224 e. The number of benzene rings is 1. The lowest BCUT2D eigenvalue weighted by Gasteiger charge is -2.24. The number of rotatable bonds is 4. The van der Waals surface area contributed by atoms with Crippen molar-refractivity contribution in [2.24, 2.45) is 0 Å². The van der Waals surface area contributed by atoms with Crippen LogP contribution in [0.4, 0.5) is 5.69 Å². The summed E-state index contributed by atoms with van der Waals surface area (Å²) in [6.45, 7) is 6.10. The first-order chi connectivity index (χ1) is 8.97. The van der Waals surface area contributed by atoms with Gasteiger partial charge in [0.2, 0.25) is 5.91 Å². The second-order valence-corrected chi connectivity index (χ2v) is 5.52. The fraction of sp³-hybridized carbons (Fsp3) is 0.533. The van der Waals surface area contributed by atoms with Crippen LogP contribution in [0.15, 0.2) is 18.2 Å². The molecule has 1 heterocycles. The maximum atomic E-state index is 11.3. The van der Waals surface area contributed by atoms with Crippen LogP contribution in [0.3, 0.4) is 0 Å². The highest BCUT2D eigenvalue weighted by molar-refractivity contribution is 5.93. The zero-order chi connectivity index (χ0) is 14.0. The number of anilines is 1. The Hall–Kier alpha value is -1.39. The zero-order valence-electron chi connectivity index (χ0n) is 11.7. The van der Waals surface area contributed by atoms with Gasteiger partial charge >= 0.3 is 0 Å². The zero-order valence-corrected chi connectivity index (χ0v) is 11.7. The van der Waals surface area contributed by atoms with E-state index in [4.69, 9.17) is 0 Å². The molecule has 104 valence electrons. The molecule has 0 bridgehead atoms. The Morgan fingerprint density at radius 3 is 2.68 bits per heavy atom. The van der Waals surface area contributed by atoms with Crippen molar-refractivity contribution in [1.29, 1.82) is 0 Å². The summed E-state index contributed by atoms with van der Waals surface area (Å²) in [5, 5.41) is 16.5. The summed E-state index contributed by atoms with van der Waals surface area (Å²) in [5.41, 5.74) is 2.88. The van der Waals surface area contributed by atoms with Crippen molar-refractivity contribution < 1.29 is 9.90 Å². The summed E-state index contributed by atoms with van der Waals surface area (Å²) in [4.78, 5) is 11.3. The largest absolute Gasteiger partial charge is 0.387 e. The minimum absolute atomic E-state index is 0.00349. The summed E-state index contributed by atoms with van der Waals surface area (Å²) in [6.07, 6.45) is 0.727. The predicted molar refractivity (Wildman–Crippen MR) is 76.1 cm³/mol. The van der Waals surface area contributed by atoms with Gasteiger partial charge in [-0.3, -0.25) is 4.79 Å². The first-order valence-electron chi connectivity index (χ1n) is 6.84. The minimum atomic E-state index is -0.537. The van der Waals surface area contributed by atoms with Crippen molar-refractivity contribution in [2.45, 2.75) is 51.8 Å². The Labute approximate surface area is 114 Å². The van der Waals surface area contributed by atoms with Crippen LogP contribution < -0.4 is 10.6 Å². The molecule has 4 heteroatoms. The van der Waals surface area contributed by atoms with E-state index in [1.807, 2.05) is 25.1 Å². The molecule has 1 amide bonds. The van der Waals surface area contributed by atoms with Gasteiger partial charge in [-0.25, -0.2) is 0 Å². The van der Waals surface area contributed by atoms with E-state index in [9.17, 15) is 9.90 Å². The van der Waals surface area contributed by atoms with Crippen LogP contribution in [0.25, 0.3) is 0 Å². The van der Waals surface area contributed by atoms with Gasteiger partial charge in [-0.2, -0.15) is 0 Å². The molecule has 0 fully saturated rings.